The third kappa shape index (κ3) is 3.41. The minimum absolute atomic E-state index is 0.0128. The van der Waals surface area contributed by atoms with E-state index in [0.717, 1.165) is 0 Å². The number of amides is 1. The zero-order valence-corrected chi connectivity index (χ0v) is 14.2. The van der Waals surface area contributed by atoms with Crippen molar-refractivity contribution in [3.05, 3.63) is 65.9 Å². The first kappa shape index (κ1) is 17.2. The van der Waals surface area contributed by atoms with Gasteiger partial charge in [0, 0.05) is 11.3 Å². The molecule has 0 fully saturated rings. The van der Waals surface area contributed by atoms with Crippen LogP contribution in [0.15, 0.2) is 59.1 Å². The van der Waals surface area contributed by atoms with Crippen LogP contribution in [0.25, 0.3) is 11.3 Å². The summed E-state index contributed by atoms with van der Waals surface area (Å²) in [6.45, 7) is 0. The maximum atomic E-state index is 12.8. The number of benzene rings is 2. The van der Waals surface area contributed by atoms with Gasteiger partial charge in [-0.2, -0.15) is 0 Å². The number of carbonyl (C=O) groups excluding carboxylic acids is 2. The molecule has 3 aromatic rings. The summed E-state index contributed by atoms with van der Waals surface area (Å²) in [6.07, 6.45) is 0. The molecule has 1 aromatic heterocycles. The molecule has 1 N–H and O–H groups in total. The molecule has 0 aliphatic carbocycles. The van der Waals surface area contributed by atoms with Crippen LogP contribution in [0, 0.1) is 0 Å². The Balaban J connectivity index is 1.99. The van der Waals surface area contributed by atoms with Crippen molar-refractivity contribution in [2.75, 3.05) is 19.5 Å². The average Bonchev–Trinajstić information content (AvgIpc) is 3.14. The molecule has 7 nitrogen and oxygen atoms in total. The number of nitrogens with zero attached hydrogens (tertiary/aromatic N) is 1. The van der Waals surface area contributed by atoms with Crippen molar-refractivity contribution in [2.24, 2.45) is 0 Å². The average molecular weight is 352 g/mol. The molecule has 2 aromatic carbocycles. The van der Waals surface area contributed by atoms with Gasteiger partial charge in [0.2, 0.25) is 5.69 Å². The predicted molar refractivity (Wildman–Crippen MR) is 94.2 cm³/mol. The molecular weight excluding hydrogens is 336 g/mol. The molecule has 0 bridgehead atoms. The van der Waals surface area contributed by atoms with Crippen LogP contribution in [0.1, 0.15) is 20.8 Å². The number of hydrogen-bond donors (Lipinski definition) is 1. The number of rotatable bonds is 5. The van der Waals surface area contributed by atoms with Gasteiger partial charge in [0.1, 0.15) is 11.3 Å². The lowest BCUT2D eigenvalue weighted by Gasteiger charge is -2.07. The molecule has 3 rings (SSSR count). The highest BCUT2D eigenvalue weighted by Gasteiger charge is 2.29. The fourth-order valence-electron chi connectivity index (χ4n) is 2.39. The highest BCUT2D eigenvalue weighted by molar-refractivity contribution is 6.13. The Bertz CT molecular complexity index is 917. The van der Waals surface area contributed by atoms with Crippen molar-refractivity contribution in [3.63, 3.8) is 0 Å². The summed E-state index contributed by atoms with van der Waals surface area (Å²) in [5.41, 5.74) is 0.984. The molecule has 1 heterocycles. The number of anilines is 1. The summed E-state index contributed by atoms with van der Waals surface area (Å²) in [5.74, 6) is -0.434. The Labute approximate surface area is 149 Å². The Morgan fingerprint density at radius 1 is 1.00 bits per heavy atom. The second-order valence-electron chi connectivity index (χ2n) is 5.28. The molecule has 7 heteroatoms. The number of hydrogen-bond acceptors (Lipinski definition) is 6. The minimum Gasteiger partial charge on any atom is -0.497 e. The molecule has 0 spiro atoms. The number of nitrogens with one attached hydrogen (secondary N) is 1. The molecule has 0 aliphatic heterocycles. The van der Waals surface area contributed by atoms with E-state index in [4.69, 9.17) is 14.0 Å². The summed E-state index contributed by atoms with van der Waals surface area (Å²) in [6, 6.07) is 15.7. The van der Waals surface area contributed by atoms with E-state index in [2.05, 4.69) is 10.5 Å². The standard InChI is InChI=1S/C19H16N2O5/c1-24-14-10-8-13(9-11-14)20-18(22)15-16(19(23)25-2)21-26-17(15)12-6-4-3-5-7-12/h3-11H,1-2H3,(H,20,22). The van der Waals surface area contributed by atoms with E-state index in [1.54, 1.807) is 55.6 Å². The van der Waals surface area contributed by atoms with E-state index in [-0.39, 0.29) is 17.0 Å². The smallest absolute Gasteiger partial charge is 0.361 e. The van der Waals surface area contributed by atoms with E-state index in [0.29, 0.717) is 17.0 Å². The van der Waals surface area contributed by atoms with Gasteiger partial charge in [-0.05, 0) is 24.3 Å². The molecule has 132 valence electrons. The van der Waals surface area contributed by atoms with Gasteiger partial charge < -0.3 is 19.3 Å². The van der Waals surface area contributed by atoms with Crippen LogP contribution in [-0.2, 0) is 4.74 Å². The predicted octanol–water partition coefficient (Wildman–Crippen LogP) is 3.39. The second-order valence-corrected chi connectivity index (χ2v) is 5.28. The van der Waals surface area contributed by atoms with E-state index in [9.17, 15) is 9.59 Å². The number of esters is 1. The fraction of sp³-hybridized carbons (Fsp3) is 0.105. The Kier molecular flexibility index (Phi) is 4.98. The third-order valence-electron chi connectivity index (χ3n) is 3.68. The van der Waals surface area contributed by atoms with Gasteiger partial charge in [-0.25, -0.2) is 4.79 Å². The first-order chi connectivity index (χ1) is 12.6. The van der Waals surface area contributed by atoms with Gasteiger partial charge in [0.25, 0.3) is 5.91 Å². The molecule has 0 aliphatic rings. The zero-order chi connectivity index (χ0) is 18.5. The van der Waals surface area contributed by atoms with E-state index in [1.165, 1.54) is 7.11 Å². The highest BCUT2D eigenvalue weighted by Crippen LogP contribution is 2.28. The van der Waals surface area contributed by atoms with Crippen LogP contribution in [0.3, 0.4) is 0 Å². The summed E-state index contributed by atoms with van der Waals surface area (Å²) in [4.78, 5) is 24.8. The van der Waals surface area contributed by atoms with Crippen LogP contribution in [-0.4, -0.2) is 31.3 Å². The van der Waals surface area contributed by atoms with Crippen LogP contribution in [0.5, 0.6) is 5.75 Å². The summed E-state index contributed by atoms with van der Waals surface area (Å²) >= 11 is 0. The van der Waals surface area contributed by atoms with Crippen LogP contribution >= 0.6 is 0 Å². The molecule has 0 saturated carbocycles. The number of aromatic nitrogens is 1. The normalized spacial score (nSPS) is 10.2. The van der Waals surface area contributed by atoms with Crippen LogP contribution < -0.4 is 10.1 Å². The van der Waals surface area contributed by atoms with Crippen molar-refractivity contribution < 1.29 is 23.6 Å². The SMILES string of the molecule is COC(=O)c1noc(-c2ccccc2)c1C(=O)Nc1ccc(OC)cc1. The monoisotopic (exact) mass is 352 g/mol. The van der Waals surface area contributed by atoms with Gasteiger partial charge >= 0.3 is 5.97 Å². The van der Waals surface area contributed by atoms with Gasteiger partial charge in [0.05, 0.1) is 14.2 Å². The molecular formula is C19H16N2O5. The fourth-order valence-corrected chi connectivity index (χ4v) is 2.39. The minimum atomic E-state index is -0.754. The molecule has 0 atom stereocenters. The quantitative estimate of drug-likeness (QED) is 0.708. The summed E-state index contributed by atoms with van der Waals surface area (Å²) in [7, 11) is 2.77. The summed E-state index contributed by atoms with van der Waals surface area (Å²) in [5, 5.41) is 6.45. The molecule has 0 radical (unpaired) electrons. The number of carbonyl (C=O) groups is 2. The van der Waals surface area contributed by atoms with Gasteiger partial charge in [-0.3, -0.25) is 4.79 Å². The summed E-state index contributed by atoms with van der Waals surface area (Å²) < 4.78 is 15.1. The van der Waals surface area contributed by atoms with Crippen LogP contribution in [0.4, 0.5) is 5.69 Å². The topological polar surface area (TPSA) is 90.7 Å². The van der Waals surface area contributed by atoms with Gasteiger partial charge in [-0.1, -0.05) is 35.5 Å². The van der Waals surface area contributed by atoms with E-state index in [1.807, 2.05) is 6.07 Å². The van der Waals surface area contributed by atoms with Crippen molar-refractivity contribution in [2.45, 2.75) is 0 Å². The Hall–Kier alpha value is -3.61. The molecule has 26 heavy (non-hydrogen) atoms. The van der Waals surface area contributed by atoms with Crippen molar-refractivity contribution >= 4 is 17.6 Å². The third-order valence-corrected chi connectivity index (χ3v) is 3.68. The van der Waals surface area contributed by atoms with Gasteiger partial charge in [0.15, 0.2) is 5.76 Å². The van der Waals surface area contributed by atoms with Crippen molar-refractivity contribution in [1.82, 2.24) is 5.16 Å². The second kappa shape index (κ2) is 7.52. The lowest BCUT2D eigenvalue weighted by molar-refractivity contribution is 0.0586. The maximum absolute atomic E-state index is 12.8. The zero-order valence-electron chi connectivity index (χ0n) is 14.2. The van der Waals surface area contributed by atoms with Crippen LogP contribution in [0.2, 0.25) is 0 Å². The highest BCUT2D eigenvalue weighted by atomic mass is 16.5. The first-order valence-electron chi connectivity index (χ1n) is 7.73. The number of ether oxygens (including phenoxy) is 2. The largest absolute Gasteiger partial charge is 0.497 e. The number of methoxy groups -OCH3 is 2. The molecule has 0 saturated heterocycles. The van der Waals surface area contributed by atoms with Crippen molar-refractivity contribution in [1.29, 1.82) is 0 Å². The lowest BCUT2D eigenvalue weighted by Crippen LogP contribution is -2.17. The molecule has 1 amide bonds. The van der Waals surface area contributed by atoms with E-state index >= 15 is 0 Å². The lowest BCUT2D eigenvalue weighted by atomic mass is 10.1. The van der Waals surface area contributed by atoms with E-state index < -0.39 is 11.9 Å². The van der Waals surface area contributed by atoms with Crippen molar-refractivity contribution in [3.8, 4) is 17.1 Å². The first-order valence-corrected chi connectivity index (χ1v) is 7.73. The molecule has 0 unspecified atom stereocenters. The van der Waals surface area contributed by atoms with Gasteiger partial charge in [-0.15, -0.1) is 0 Å². The maximum Gasteiger partial charge on any atom is 0.361 e. The Morgan fingerprint density at radius 3 is 2.31 bits per heavy atom. The Morgan fingerprint density at radius 2 is 1.69 bits per heavy atom.